The highest BCUT2D eigenvalue weighted by Gasteiger charge is 2.25. The number of carbonyl (C=O) groups is 3. The third kappa shape index (κ3) is 58.3. The van der Waals surface area contributed by atoms with E-state index in [0.717, 1.165) is 70.6 Å². The Morgan fingerprint density at radius 1 is 0.413 bits per heavy atom. The van der Waals surface area contributed by atoms with Crippen molar-refractivity contribution in [3.05, 3.63) is 72.9 Å². The Hall–Kier alpha value is -3.27. The number of carboxylic acid groups (broad SMARTS) is 1. The number of rotatable bonds is 57. The topological polar surface area (TPSA) is 108 Å². The van der Waals surface area contributed by atoms with Crippen LogP contribution in [0.2, 0.25) is 0 Å². The lowest BCUT2D eigenvalue weighted by Crippen LogP contribution is -2.40. The monoisotopic (exact) mass is 1050 g/mol. The molecule has 1 N–H and O–H groups in total. The summed E-state index contributed by atoms with van der Waals surface area (Å²) in [5, 5.41) is 9.72. The van der Waals surface area contributed by atoms with Gasteiger partial charge in [-0.1, -0.05) is 247 Å². The molecule has 0 spiro atoms. The Bertz CT molecular complexity index is 1460. The van der Waals surface area contributed by atoms with Crippen LogP contribution >= 0.6 is 0 Å². The summed E-state index contributed by atoms with van der Waals surface area (Å²) in [6, 6.07) is 0. The van der Waals surface area contributed by atoms with Crippen molar-refractivity contribution in [2.45, 2.75) is 283 Å². The van der Waals surface area contributed by atoms with Crippen molar-refractivity contribution in [2.24, 2.45) is 0 Å². The molecule has 0 fully saturated rings. The lowest BCUT2D eigenvalue weighted by Gasteiger charge is -2.25. The molecule has 0 radical (unpaired) electrons. The molecule has 0 aliphatic carbocycles. The molecule has 75 heavy (non-hydrogen) atoms. The zero-order chi connectivity index (χ0) is 54.8. The first kappa shape index (κ1) is 71.7. The number of nitrogens with zero attached hydrogens (tertiary/aromatic N) is 1. The van der Waals surface area contributed by atoms with E-state index >= 15 is 0 Å². The Morgan fingerprint density at radius 2 is 0.760 bits per heavy atom. The van der Waals surface area contributed by atoms with Gasteiger partial charge in [0, 0.05) is 12.8 Å². The fraction of sp³-hybridized carbons (Fsp3) is 0.773. The predicted molar refractivity (Wildman–Crippen MR) is 318 cm³/mol. The lowest BCUT2D eigenvalue weighted by molar-refractivity contribution is -0.870. The maximum atomic E-state index is 12.9. The third-order valence-corrected chi connectivity index (χ3v) is 13.4. The number of esters is 2. The van der Waals surface area contributed by atoms with E-state index in [9.17, 15) is 19.5 Å². The molecule has 2 unspecified atom stereocenters. The second kappa shape index (κ2) is 56.9. The van der Waals surface area contributed by atoms with Crippen molar-refractivity contribution in [3.8, 4) is 0 Å². The van der Waals surface area contributed by atoms with Crippen molar-refractivity contribution in [2.75, 3.05) is 47.5 Å². The van der Waals surface area contributed by atoms with Crippen LogP contribution in [0.5, 0.6) is 0 Å². The van der Waals surface area contributed by atoms with Crippen LogP contribution in [-0.2, 0) is 33.3 Å². The minimum atomic E-state index is -1.51. The van der Waals surface area contributed by atoms with Crippen molar-refractivity contribution in [1.82, 2.24) is 0 Å². The number of quaternary nitrogens is 1. The van der Waals surface area contributed by atoms with Crippen LogP contribution in [0.1, 0.15) is 271 Å². The number of allylic oxidation sites excluding steroid dienone is 12. The van der Waals surface area contributed by atoms with Crippen LogP contribution in [0.25, 0.3) is 0 Å². The van der Waals surface area contributed by atoms with Crippen molar-refractivity contribution in [3.63, 3.8) is 0 Å². The molecular formula is C66H118NO8+. The van der Waals surface area contributed by atoms with Gasteiger partial charge in [0.25, 0.3) is 6.29 Å². The van der Waals surface area contributed by atoms with E-state index in [2.05, 4.69) is 86.8 Å². The van der Waals surface area contributed by atoms with Crippen molar-refractivity contribution < 1.29 is 42.9 Å². The SMILES string of the molecule is CC/C=C\C/C=C\C/C=C\C/C=C\C/C=C\CCCCCCCCCCCCCC(=O)OC(COC(=O)CCCCCCCCCCCCC/C=C\CCCCCCCCCC)COC(OCC[N+](C)(C)C)C(=O)O. The Kier molecular flexibility index (Phi) is 54.4. The maximum Gasteiger partial charge on any atom is 0.361 e. The number of carbonyl (C=O) groups excluding carboxylic acids is 2. The Balaban J connectivity index is 4.21. The molecule has 0 aromatic carbocycles. The first-order valence-corrected chi connectivity index (χ1v) is 31.1. The molecule has 2 atom stereocenters. The molecule has 9 nitrogen and oxygen atoms in total. The third-order valence-electron chi connectivity index (χ3n) is 13.4. The highest BCUT2D eigenvalue weighted by molar-refractivity contribution is 5.71. The summed E-state index contributed by atoms with van der Waals surface area (Å²) >= 11 is 0. The standard InChI is InChI=1S/C66H117NO8/c1-6-8-10-12-14-16-18-20-22-24-26-28-30-31-32-33-35-37-39-41-43-45-47-49-51-53-55-57-64(69)75-62(61-74-66(65(70)71)72-59-58-67(3,4)5)60-73-63(68)56-54-52-50-48-46-44-42-40-38-36-34-29-27-25-23-21-19-17-15-13-11-9-7-2/h8,10,14,16,20,22,25-28,31-32,62,66H,6-7,9,11-13,15,17-19,21,23-24,29-30,33-61H2,1-5H3/p+1/b10-8-,16-14-,22-20-,27-25-,28-26-,32-31-. The smallest absolute Gasteiger partial charge is 0.361 e. The van der Waals surface area contributed by atoms with E-state index in [1.54, 1.807) is 0 Å². The van der Waals surface area contributed by atoms with Gasteiger partial charge in [0.1, 0.15) is 13.2 Å². The summed E-state index contributed by atoms with van der Waals surface area (Å²) in [6.07, 6.45) is 71.3. The molecule has 0 aliphatic rings. The summed E-state index contributed by atoms with van der Waals surface area (Å²) in [7, 11) is 5.97. The summed E-state index contributed by atoms with van der Waals surface area (Å²) < 4.78 is 22.9. The molecule has 0 bridgehead atoms. The Morgan fingerprint density at radius 3 is 1.15 bits per heavy atom. The van der Waals surface area contributed by atoms with Crippen LogP contribution < -0.4 is 0 Å². The molecule has 0 amide bonds. The number of hydrogen-bond donors (Lipinski definition) is 1. The number of carboxylic acids is 1. The summed E-state index contributed by atoms with van der Waals surface area (Å²) in [5.74, 6) is -2.00. The maximum absolute atomic E-state index is 12.9. The van der Waals surface area contributed by atoms with Crippen LogP contribution in [0.15, 0.2) is 72.9 Å². The van der Waals surface area contributed by atoms with Gasteiger partial charge in [0.2, 0.25) is 0 Å². The van der Waals surface area contributed by atoms with Gasteiger partial charge in [-0.2, -0.15) is 0 Å². The molecule has 0 aromatic rings. The zero-order valence-corrected chi connectivity index (χ0v) is 49.4. The molecule has 9 heteroatoms. The van der Waals surface area contributed by atoms with Crippen LogP contribution in [0.3, 0.4) is 0 Å². The Labute approximate surface area is 462 Å². The fourth-order valence-corrected chi connectivity index (χ4v) is 8.68. The second-order valence-corrected chi connectivity index (χ2v) is 22.0. The van der Waals surface area contributed by atoms with Crippen LogP contribution in [0, 0.1) is 0 Å². The van der Waals surface area contributed by atoms with E-state index in [1.807, 2.05) is 21.1 Å². The number of likely N-dealkylation sites (N-methyl/N-ethyl adjacent to an activating group) is 1. The highest BCUT2D eigenvalue weighted by Crippen LogP contribution is 2.16. The van der Waals surface area contributed by atoms with Gasteiger partial charge in [-0.25, -0.2) is 4.79 Å². The summed E-state index contributed by atoms with van der Waals surface area (Å²) in [5.41, 5.74) is 0. The second-order valence-electron chi connectivity index (χ2n) is 22.0. The summed E-state index contributed by atoms with van der Waals surface area (Å²) in [4.78, 5) is 37.5. The molecule has 0 aliphatic heterocycles. The number of hydrogen-bond acceptors (Lipinski definition) is 7. The first-order valence-electron chi connectivity index (χ1n) is 31.1. The van der Waals surface area contributed by atoms with Crippen LogP contribution in [-0.4, -0.2) is 87.4 Å². The number of unbranched alkanes of at least 4 members (excludes halogenated alkanes) is 30. The van der Waals surface area contributed by atoms with Crippen molar-refractivity contribution >= 4 is 17.9 Å². The van der Waals surface area contributed by atoms with E-state index < -0.39 is 24.3 Å². The molecule has 0 aromatic heterocycles. The average molecular weight is 1050 g/mol. The highest BCUT2D eigenvalue weighted by atomic mass is 16.7. The molecular weight excluding hydrogens is 935 g/mol. The summed E-state index contributed by atoms with van der Waals surface area (Å²) in [6.45, 7) is 4.78. The van der Waals surface area contributed by atoms with Gasteiger partial charge in [-0.15, -0.1) is 0 Å². The largest absolute Gasteiger partial charge is 0.477 e. The predicted octanol–water partition coefficient (Wildman–Crippen LogP) is 18.6. The van der Waals surface area contributed by atoms with Gasteiger partial charge in [-0.05, 0) is 83.5 Å². The normalized spacial score (nSPS) is 13.2. The van der Waals surface area contributed by atoms with Gasteiger partial charge < -0.3 is 28.5 Å². The molecule has 0 rings (SSSR count). The zero-order valence-electron chi connectivity index (χ0n) is 49.4. The van der Waals surface area contributed by atoms with Crippen molar-refractivity contribution in [1.29, 1.82) is 0 Å². The number of aliphatic carboxylic acids is 1. The molecule has 0 saturated carbocycles. The molecule has 0 saturated heterocycles. The van der Waals surface area contributed by atoms with Gasteiger partial charge in [0.15, 0.2) is 6.10 Å². The number of ether oxygens (including phenoxy) is 4. The van der Waals surface area contributed by atoms with E-state index in [-0.39, 0.29) is 32.2 Å². The average Bonchev–Trinajstić information content (AvgIpc) is 3.38. The molecule has 0 heterocycles. The van der Waals surface area contributed by atoms with E-state index in [4.69, 9.17) is 18.9 Å². The minimum absolute atomic E-state index is 0.184. The lowest BCUT2D eigenvalue weighted by atomic mass is 10.0. The fourth-order valence-electron chi connectivity index (χ4n) is 8.68. The van der Waals surface area contributed by atoms with E-state index in [1.165, 1.54) is 167 Å². The van der Waals surface area contributed by atoms with Gasteiger partial charge in [-0.3, -0.25) is 9.59 Å². The van der Waals surface area contributed by atoms with Gasteiger partial charge in [0.05, 0.1) is 34.4 Å². The first-order chi connectivity index (χ1) is 36.6. The van der Waals surface area contributed by atoms with Gasteiger partial charge >= 0.3 is 17.9 Å². The molecule has 434 valence electrons. The quantitative estimate of drug-likeness (QED) is 0.0211. The van der Waals surface area contributed by atoms with E-state index in [0.29, 0.717) is 23.9 Å². The van der Waals surface area contributed by atoms with Crippen LogP contribution in [0.4, 0.5) is 0 Å². The minimum Gasteiger partial charge on any atom is -0.477 e.